The highest BCUT2D eigenvalue weighted by molar-refractivity contribution is 6.02. The molecule has 117 heavy (non-hydrogen) atoms. The Morgan fingerprint density at radius 3 is 1.50 bits per heavy atom. The minimum absolute atomic E-state index is 0.00975. The van der Waals surface area contributed by atoms with Gasteiger partial charge < -0.3 is 126 Å². The summed E-state index contributed by atoms with van der Waals surface area (Å²) in [6, 6.07) is -9.17. The third-order valence-corrected chi connectivity index (χ3v) is 18.4. The highest BCUT2D eigenvalue weighted by Gasteiger charge is 2.40. The van der Waals surface area contributed by atoms with E-state index >= 15 is 0 Å². The van der Waals surface area contributed by atoms with Crippen molar-refractivity contribution in [1.29, 1.82) is 0 Å². The Labute approximate surface area is 668 Å². The number of aliphatic hydroxyl groups excluding tert-OH is 2. The summed E-state index contributed by atoms with van der Waals surface area (Å²) in [4.78, 5) is 265. The lowest BCUT2D eigenvalue weighted by Gasteiger charge is -2.29. The molecular weight excluding hydrogens is 1540 g/mol. The Balaban J connectivity index is 1.58. The number of cyclic esters (lactones) is 1. The lowest BCUT2D eigenvalue weighted by Crippen LogP contribution is -2.61. The van der Waals surface area contributed by atoms with Gasteiger partial charge in [-0.1, -0.05) is 88.8 Å². The van der Waals surface area contributed by atoms with E-state index in [1.165, 1.54) is 6.20 Å². The fourth-order valence-electron chi connectivity index (χ4n) is 12.3. The van der Waals surface area contributed by atoms with E-state index in [4.69, 9.17) is 16.2 Å². The number of hydrogen-bond donors (Lipinski definition) is 23. The van der Waals surface area contributed by atoms with Crippen LogP contribution in [-0.4, -0.2) is 259 Å². The molecular formula is C74H103N17O26. The SMILES string of the molecule is CC(C)CCCCCCCCC(=O)NC(Cc1c[nH]c2ccccc12)C(=O)NC(CC(N)=O)C(=O)NC(CC(=O)O)C(=O)NC1C(=O)NCC(=O)NC(CCCN)C(=O)NC(CC(=O)O)C(=O)NC(CO)C(=O)NC(CC(=O)O)C(=O)NCC(=O)NC(CO)C(=O)NC(CCC(=O)O)C(=O)NC(Cc2c[nH]c3ccccc23)C(=O)OC1C. The van der Waals surface area contributed by atoms with Crippen LogP contribution in [0.1, 0.15) is 135 Å². The summed E-state index contributed by atoms with van der Waals surface area (Å²) >= 11 is 0. The minimum Gasteiger partial charge on any atom is -0.481 e. The van der Waals surface area contributed by atoms with Crippen molar-refractivity contribution in [2.24, 2.45) is 17.4 Å². The number of carboxylic acid groups (broad SMARTS) is 4. The molecule has 640 valence electrons. The molecule has 43 heteroatoms. The predicted octanol–water partition coefficient (Wildman–Crippen LogP) is -5.39. The first kappa shape index (κ1) is 94.9. The molecule has 2 aromatic heterocycles. The molecule has 14 amide bonds. The number of aliphatic hydroxyl groups is 2. The smallest absolute Gasteiger partial charge is 0.329 e. The van der Waals surface area contributed by atoms with Crippen LogP contribution in [0.2, 0.25) is 0 Å². The number of hydrogen-bond acceptors (Lipinski definition) is 23. The number of esters is 1. The standard InChI is InChI=1S/C74H103N17O26/c1-37(2)15-8-6-4-5-7-9-21-56(95)82-47(25-39-31-77-43-18-12-10-16-41(39)43)67(109)85-48(27-55(76)94)68(110)88-51(30-62(104)105)70(112)91-63-38(3)117-74(116)52(26-40-32-78-44-19-13-11-17-42(40)44)89-66(108)46(22-23-59(98)99)84-71(113)53(35-92)83-58(97)33-79-64(106)49(28-60(100)101)86-72(114)54(36-93)90-69(111)50(29-61(102)103)87-65(107)45(20-14-24-75)81-57(96)34-80-73(63)115/h10-13,16-19,31-32,37-38,45-54,63,77-78,92-93H,4-9,14-15,20-30,33-36,75H2,1-3H3,(H2,76,94)(H,79,106)(H,80,115)(H,81,96)(H,82,95)(H,83,97)(H,84,113)(H,85,109)(H,86,114)(H,87,107)(H,88,110)(H,89,108)(H,90,111)(H,91,112)(H,98,99)(H,100,101)(H,102,103)(H,104,105). The van der Waals surface area contributed by atoms with Gasteiger partial charge in [0, 0.05) is 59.9 Å². The first-order valence-corrected chi connectivity index (χ1v) is 37.8. The molecule has 4 aromatic rings. The molecule has 0 bridgehead atoms. The van der Waals surface area contributed by atoms with Gasteiger partial charge in [0.25, 0.3) is 0 Å². The van der Waals surface area contributed by atoms with Crippen LogP contribution in [0.25, 0.3) is 21.8 Å². The van der Waals surface area contributed by atoms with Crippen LogP contribution in [-0.2, 0) is 109 Å². The van der Waals surface area contributed by atoms with Crippen LogP contribution in [0, 0.1) is 5.92 Å². The average molecular weight is 1650 g/mol. The topological polar surface area (TPSA) is 695 Å². The van der Waals surface area contributed by atoms with E-state index in [-0.39, 0.29) is 31.4 Å². The number of para-hydroxylation sites is 2. The number of unbranched alkanes of at least 4 members (excludes halogenated alkanes) is 5. The maximum Gasteiger partial charge on any atom is 0.329 e. The van der Waals surface area contributed by atoms with Gasteiger partial charge in [0.2, 0.25) is 82.7 Å². The van der Waals surface area contributed by atoms with Crippen LogP contribution in [0.5, 0.6) is 0 Å². The van der Waals surface area contributed by atoms with E-state index in [1.807, 2.05) is 21.3 Å². The van der Waals surface area contributed by atoms with E-state index in [0.29, 0.717) is 46.1 Å². The lowest BCUT2D eigenvalue weighted by molar-refractivity contribution is -0.156. The molecule has 12 atom stereocenters. The Kier molecular flexibility index (Phi) is 38.8. The summed E-state index contributed by atoms with van der Waals surface area (Å²) in [5.41, 5.74) is 13.2. The number of carboxylic acids is 4. The number of aromatic nitrogens is 2. The minimum atomic E-state index is -2.37. The van der Waals surface area contributed by atoms with Crippen LogP contribution in [0.4, 0.5) is 0 Å². The summed E-state index contributed by atoms with van der Waals surface area (Å²) < 4.78 is 5.82. The lowest BCUT2D eigenvalue weighted by atomic mass is 10.0. The fourth-order valence-corrected chi connectivity index (χ4v) is 12.3. The number of primary amides is 1. The Morgan fingerprint density at radius 1 is 0.487 bits per heavy atom. The number of aromatic amines is 2. The number of amides is 14. The molecule has 12 unspecified atom stereocenters. The zero-order valence-electron chi connectivity index (χ0n) is 64.5. The Hall–Kier alpha value is -12.7. The van der Waals surface area contributed by atoms with Gasteiger partial charge in [-0.3, -0.25) is 86.3 Å². The molecule has 1 aliphatic heterocycles. The van der Waals surface area contributed by atoms with Gasteiger partial charge in [0.1, 0.15) is 72.6 Å². The van der Waals surface area contributed by atoms with Crippen LogP contribution in [0.15, 0.2) is 60.9 Å². The quantitative estimate of drug-likeness (QED) is 0.0149. The van der Waals surface area contributed by atoms with Crippen molar-refractivity contribution >= 4 is 134 Å². The van der Waals surface area contributed by atoms with Crippen LogP contribution >= 0.6 is 0 Å². The second kappa shape index (κ2) is 47.9. The summed E-state index contributed by atoms with van der Waals surface area (Å²) in [5.74, 6) is -26.4. The number of H-pyrrole nitrogens is 2. The van der Waals surface area contributed by atoms with Crippen molar-refractivity contribution in [2.75, 3.05) is 32.8 Å². The number of carbonyl (C=O) groups excluding carboxylic acids is 15. The summed E-state index contributed by atoms with van der Waals surface area (Å²) in [5, 5.41) is 89.4. The molecule has 1 fully saturated rings. The highest BCUT2D eigenvalue weighted by Crippen LogP contribution is 2.23. The maximum absolute atomic E-state index is 15.0. The maximum atomic E-state index is 15.0. The Bertz CT molecular complexity index is 4220. The molecule has 3 heterocycles. The normalized spacial score (nSPS) is 20.9. The summed E-state index contributed by atoms with van der Waals surface area (Å²) in [7, 11) is 0. The second-order valence-electron chi connectivity index (χ2n) is 28.2. The van der Waals surface area contributed by atoms with Crippen LogP contribution < -0.4 is 80.6 Å². The molecule has 0 aliphatic carbocycles. The zero-order chi connectivity index (χ0) is 86.6. The molecule has 0 radical (unpaired) electrons. The van der Waals surface area contributed by atoms with Crippen molar-refractivity contribution < 1.29 is 126 Å². The molecule has 0 spiro atoms. The van der Waals surface area contributed by atoms with Crippen molar-refractivity contribution in [3.8, 4) is 0 Å². The van der Waals surface area contributed by atoms with E-state index in [2.05, 4.69) is 71.7 Å². The average Bonchev–Trinajstić information content (AvgIpc) is 1.74. The Morgan fingerprint density at radius 2 is 0.949 bits per heavy atom. The van der Waals surface area contributed by atoms with Crippen molar-refractivity contribution in [3.05, 3.63) is 72.1 Å². The number of ether oxygens (including phenoxy) is 1. The van der Waals surface area contributed by atoms with Crippen LogP contribution in [0.3, 0.4) is 0 Å². The van der Waals surface area contributed by atoms with Gasteiger partial charge in [-0.05, 0) is 68.3 Å². The summed E-state index contributed by atoms with van der Waals surface area (Å²) in [6.07, 6.45) is -0.896. The van der Waals surface area contributed by atoms with E-state index in [0.717, 1.165) is 39.0 Å². The van der Waals surface area contributed by atoms with Gasteiger partial charge in [-0.25, -0.2) is 4.79 Å². The van der Waals surface area contributed by atoms with Gasteiger partial charge in [-0.15, -0.1) is 0 Å². The monoisotopic (exact) mass is 1650 g/mol. The predicted molar refractivity (Wildman–Crippen MR) is 408 cm³/mol. The molecule has 2 aromatic carbocycles. The molecule has 43 nitrogen and oxygen atoms in total. The zero-order valence-corrected chi connectivity index (χ0v) is 64.5. The first-order chi connectivity index (χ1) is 55.5. The third-order valence-electron chi connectivity index (χ3n) is 18.4. The van der Waals surface area contributed by atoms with Gasteiger partial charge in [0.05, 0.1) is 52.0 Å². The van der Waals surface area contributed by atoms with E-state index in [1.54, 1.807) is 54.7 Å². The largest absolute Gasteiger partial charge is 0.481 e. The first-order valence-electron chi connectivity index (χ1n) is 37.8. The van der Waals surface area contributed by atoms with Gasteiger partial charge in [-0.2, -0.15) is 0 Å². The molecule has 25 N–H and O–H groups in total. The van der Waals surface area contributed by atoms with Gasteiger partial charge in [0.15, 0.2) is 0 Å². The number of nitrogens with two attached hydrogens (primary N) is 2. The fraction of sp³-hybridized carbons (Fsp3) is 0.527. The number of fused-ring (bicyclic) bond motifs is 2. The third kappa shape index (κ3) is 32.3. The number of benzene rings is 2. The summed E-state index contributed by atoms with van der Waals surface area (Å²) in [6.45, 7) is 0.0206. The molecule has 1 saturated heterocycles. The van der Waals surface area contributed by atoms with Crippen molar-refractivity contribution in [3.63, 3.8) is 0 Å². The molecule has 0 saturated carbocycles. The van der Waals surface area contributed by atoms with Gasteiger partial charge >= 0.3 is 29.8 Å². The number of nitrogens with one attached hydrogen (secondary N) is 15. The number of carbonyl (C=O) groups is 19. The van der Waals surface area contributed by atoms with Crippen molar-refractivity contribution in [1.82, 2.24) is 79.1 Å². The number of rotatable bonds is 36. The number of aliphatic carboxylic acids is 4. The molecule has 1 aliphatic rings. The van der Waals surface area contributed by atoms with E-state index in [9.17, 15) is 122 Å². The second-order valence-corrected chi connectivity index (χ2v) is 28.2. The molecule has 5 rings (SSSR count). The highest BCUT2D eigenvalue weighted by atomic mass is 16.5. The van der Waals surface area contributed by atoms with Crippen molar-refractivity contribution in [2.45, 2.75) is 209 Å². The van der Waals surface area contributed by atoms with E-state index < -0.39 is 263 Å².